The molecule has 8 heteroatoms. The Balaban J connectivity index is 1.57. The maximum absolute atomic E-state index is 12.2. The van der Waals surface area contributed by atoms with Crippen LogP contribution < -0.4 is 10.6 Å². The molecule has 0 saturated carbocycles. The lowest BCUT2D eigenvalue weighted by molar-refractivity contribution is -0.145. The second-order valence-corrected chi connectivity index (χ2v) is 7.50. The standard InChI is InChI=1S/C21H22N4O3S/c1-14-7-6-8-15(11-14)12-17(19(26)28-2)13-22-20(27)23-21-25-24-18(29-21)16-9-4-3-5-10-16/h3-11,17H,12-13H2,1-2H3,(H2,22,23,25,27). The molecule has 3 rings (SSSR count). The van der Waals surface area contributed by atoms with E-state index in [2.05, 4.69) is 20.8 Å². The number of carbonyl (C=O) groups is 2. The van der Waals surface area contributed by atoms with E-state index in [-0.39, 0.29) is 12.5 Å². The fourth-order valence-corrected chi connectivity index (χ4v) is 3.60. The van der Waals surface area contributed by atoms with Gasteiger partial charge in [0, 0.05) is 12.1 Å². The first-order valence-corrected chi connectivity index (χ1v) is 9.94. The highest BCUT2D eigenvalue weighted by Gasteiger charge is 2.21. The summed E-state index contributed by atoms with van der Waals surface area (Å²) in [5.74, 6) is -0.851. The number of nitrogens with one attached hydrogen (secondary N) is 2. The molecule has 1 unspecified atom stereocenters. The summed E-state index contributed by atoms with van der Waals surface area (Å²) >= 11 is 1.28. The third-order valence-electron chi connectivity index (χ3n) is 4.27. The van der Waals surface area contributed by atoms with Gasteiger partial charge in [0.05, 0.1) is 13.0 Å². The predicted octanol–water partition coefficient (Wildman–Crippen LogP) is 3.67. The van der Waals surface area contributed by atoms with Crippen LogP contribution in [0.15, 0.2) is 54.6 Å². The minimum atomic E-state index is -0.484. The number of esters is 1. The van der Waals surface area contributed by atoms with Crippen LogP contribution >= 0.6 is 11.3 Å². The molecule has 0 aliphatic heterocycles. The number of ether oxygens (including phenoxy) is 1. The zero-order chi connectivity index (χ0) is 20.6. The number of methoxy groups -OCH3 is 1. The highest BCUT2D eigenvalue weighted by Crippen LogP contribution is 2.25. The Morgan fingerprint density at radius 2 is 1.90 bits per heavy atom. The number of nitrogens with zero attached hydrogens (tertiary/aromatic N) is 2. The molecule has 0 aliphatic carbocycles. The van der Waals surface area contributed by atoms with Gasteiger partial charge in [0.2, 0.25) is 5.13 Å². The van der Waals surface area contributed by atoms with Crippen LogP contribution in [0.5, 0.6) is 0 Å². The molecule has 2 amide bonds. The molecular weight excluding hydrogens is 388 g/mol. The van der Waals surface area contributed by atoms with E-state index < -0.39 is 11.9 Å². The molecule has 0 saturated heterocycles. The van der Waals surface area contributed by atoms with Crippen LogP contribution in [0.4, 0.5) is 9.93 Å². The highest BCUT2D eigenvalue weighted by atomic mass is 32.1. The van der Waals surface area contributed by atoms with Crippen molar-refractivity contribution in [3.63, 3.8) is 0 Å². The second-order valence-electron chi connectivity index (χ2n) is 6.53. The fraction of sp³-hybridized carbons (Fsp3) is 0.238. The summed E-state index contributed by atoms with van der Waals surface area (Å²) in [5.41, 5.74) is 3.06. The normalized spacial score (nSPS) is 11.5. The first kappa shape index (κ1) is 20.5. The third kappa shape index (κ3) is 5.86. The minimum absolute atomic E-state index is 0.150. The number of hydrogen-bond acceptors (Lipinski definition) is 6. The van der Waals surface area contributed by atoms with Gasteiger partial charge < -0.3 is 10.1 Å². The van der Waals surface area contributed by atoms with Gasteiger partial charge in [0.15, 0.2) is 0 Å². The number of aromatic nitrogens is 2. The molecule has 2 N–H and O–H groups in total. The molecule has 1 atom stereocenters. The zero-order valence-electron chi connectivity index (χ0n) is 16.2. The van der Waals surface area contributed by atoms with E-state index in [4.69, 9.17) is 4.74 Å². The summed E-state index contributed by atoms with van der Waals surface area (Å²) in [6.07, 6.45) is 0.478. The van der Waals surface area contributed by atoms with Gasteiger partial charge in [-0.1, -0.05) is 71.5 Å². The van der Waals surface area contributed by atoms with Gasteiger partial charge in [0.1, 0.15) is 5.01 Å². The lowest BCUT2D eigenvalue weighted by atomic mass is 9.98. The number of rotatable bonds is 7. The van der Waals surface area contributed by atoms with E-state index in [0.717, 1.165) is 16.7 Å². The van der Waals surface area contributed by atoms with Gasteiger partial charge in [-0.25, -0.2) is 4.79 Å². The molecule has 0 bridgehead atoms. The minimum Gasteiger partial charge on any atom is -0.469 e. The van der Waals surface area contributed by atoms with Crippen molar-refractivity contribution in [2.24, 2.45) is 5.92 Å². The molecule has 29 heavy (non-hydrogen) atoms. The summed E-state index contributed by atoms with van der Waals surface area (Å²) in [5, 5.41) is 14.6. The van der Waals surface area contributed by atoms with Crippen molar-refractivity contribution in [2.75, 3.05) is 19.0 Å². The Bertz CT molecular complexity index is 975. The number of carbonyl (C=O) groups excluding carboxylic acids is 2. The van der Waals surface area contributed by atoms with Crippen LogP contribution in [0.1, 0.15) is 11.1 Å². The summed E-state index contributed by atoms with van der Waals surface area (Å²) in [7, 11) is 1.35. The number of hydrogen-bond donors (Lipinski definition) is 2. The van der Waals surface area contributed by atoms with Crippen LogP contribution in [0.2, 0.25) is 0 Å². The van der Waals surface area contributed by atoms with Crippen molar-refractivity contribution in [1.82, 2.24) is 15.5 Å². The maximum atomic E-state index is 12.2. The quantitative estimate of drug-likeness (QED) is 0.580. The lowest BCUT2D eigenvalue weighted by Crippen LogP contribution is -2.37. The Morgan fingerprint density at radius 1 is 1.10 bits per heavy atom. The zero-order valence-corrected chi connectivity index (χ0v) is 17.0. The fourth-order valence-electron chi connectivity index (χ4n) is 2.86. The number of aryl methyl sites for hydroxylation is 1. The van der Waals surface area contributed by atoms with Crippen LogP contribution in [0, 0.1) is 12.8 Å². The van der Waals surface area contributed by atoms with Gasteiger partial charge in [-0.3, -0.25) is 10.1 Å². The van der Waals surface area contributed by atoms with E-state index in [9.17, 15) is 9.59 Å². The molecule has 1 aromatic heterocycles. The molecule has 0 radical (unpaired) electrons. The smallest absolute Gasteiger partial charge is 0.321 e. The first-order chi connectivity index (χ1) is 14.0. The Hall–Kier alpha value is -3.26. The van der Waals surface area contributed by atoms with E-state index in [1.807, 2.05) is 61.5 Å². The average Bonchev–Trinajstić information content (AvgIpc) is 3.19. The average molecular weight is 410 g/mol. The van der Waals surface area contributed by atoms with Gasteiger partial charge in [-0.2, -0.15) is 0 Å². The largest absolute Gasteiger partial charge is 0.469 e. The molecule has 1 heterocycles. The lowest BCUT2D eigenvalue weighted by Gasteiger charge is -2.16. The van der Waals surface area contributed by atoms with Crippen LogP contribution in [-0.4, -0.2) is 35.9 Å². The molecule has 0 fully saturated rings. The number of anilines is 1. The Kier molecular flexibility index (Phi) is 6.91. The van der Waals surface area contributed by atoms with Crippen LogP contribution in [0.3, 0.4) is 0 Å². The first-order valence-electron chi connectivity index (χ1n) is 9.12. The molecule has 0 spiro atoms. The number of urea groups is 1. The van der Waals surface area contributed by atoms with E-state index in [1.165, 1.54) is 18.4 Å². The summed E-state index contributed by atoms with van der Waals surface area (Å²) in [4.78, 5) is 24.4. The van der Waals surface area contributed by atoms with Crippen molar-refractivity contribution in [3.8, 4) is 10.6 Å². The molecule has 150 valence electrons. The topological polar surface area (TPSA) is 93.2 Å². The Labute approximate surface area is 173 Å². The molecule has 0 aliphatic rings. The van der Waals surface area contributed by atoms with Gasteiger partial charge in [0.25, 0.3) is 0 Å². The predicted molar refractivity (Wildman–Crippen MR) is 113 cm³/mol. The van der Waals surface area contributed by atoms with E-state index in [1.54, 1.807) is 0 Å². The van der Waals surface area contributed by atoms with Crippen molar-refractivity contribution in [3.05, 3.63) is 65.7 Å². The molecule has 3 aromatic rings. The van der Waals surface area contributed by atoms with E-state index >= 15 is 0 Å². The second kappa shape index (κ2) is 9.79. The van der Waals surface area contributed by atoms with Crippen molar-refractivity contribution < 1.29 is 14.3 Å². The van der Waals surface area contributed by atoms with E-state index in [0.29, 0.717) is 16.6 Å². The summed E-state index contributed by atoms with van der Waals surface area (Å²) in [6.45, 7) is 2.14. The van der Waals surface area contributed by atoms with Crippen molar-refractivity contribution >= 4 is 28.5 Å². The number of amides is 2. The summed E-state index contributed by atoms with van der Waals surface area (Å²) in [6, 6.07) is 17.1. The summed E-state index contributed by atoms with van der Waals surface area (Å²) < 4.78 is 4.89. The molecule has 7 nitrogen and oxygen atoms in total. The van der Waals surface area contributed by atoms with Crippen LogP contribution in [-0.2, 0) is 16.0 Å². The monoisotopic (exact) mass is 410 g/mol. The van der Waals surface area contributed by atoms with Crippen molar-refractivity contribution in [1.29, 1.82) is 0 Å². The van der Waals surface area contributed by atoms with Gasteiger partial charge >= 0.3 is 12.0 Å². The molecule has 2 aromatic carbocycles. The third-order valence-corrected chi connectivity index (χ3v) is 5.16. The van der Waals surface area contributed by atoms with Crippen LogP contribution in [0.25, 0.3) is 10.6 Å². The maximum Gasteiger partial charge on any atom is 0.321 e. The van der Waals surface area contributed by atoms with Gasteiger partial charge in [-0.05, 0) is 18.9 Å². The van der Waals surface area contributed by atoms with Gasteiger partial charge in [-0.15, -0.1) is 10.2 Å². The molecular formula is C21H22N4O3S. The SMILES string of the molecule is COC(=O)C(CNC(=O)Nc1nnc(-c2ccccc2)s1)Cc1cccc(C)c1. The Morgan fingerprint density at radius 3 is 2.62 bits per heavy atom. The van der Waals surface area contributed by atoms with Crippen molar-refractivity contribution in [2.45, 2.75) is 13.3 Å². The number of benzene rings is 2. The highest BCUT2D eigenvalue weighted by molar-refractivity contribution is 7.18.